The molecule has 4 nitrogen and oxygen atoms in total. The van der Waals surface area contributed by atoms with Crippen LogP contribution in [0.4, 0.5) is 0 Å². The lowest BCUT2D eigenvalue weighted by atomic mass is 10.2. The van der Waals surface area contributed by atoms with Crippen LogP contribution in [-0.2, 0) is 0 Å². The highest BCUT2D eigenvalue weighted by Gasteiger charge is 2.11. The minimum atomic E-state index is 0.497. The predicted octanol–water partition coefficient (Wildman–Crippen LogP) is 2.44. The molecule has 0 aliphatic carbocycles. The van der Waals surface area contributed by atoms with Crippen LogP contribution in [0.5, 0.6) is 5.75 Å². The first-order valence-electron chi connectivity index (χ1n) is 4.83. The highest BCUT2D eigenvalue weighted by Crippen LogP contribution is 2.28. The van der Waals surface area contributed by atoms with Crippen molar-refractivity contribution in [3.63, 3.8) is 0 Å². The van der Waals surface area contributed by atoms with E-state index in [1.54, 1.807) is 6.92 Å². The molecule has 0 saturated heterocycles. The van der Waals surface area contributed by atoms with E-state index < -0.39 is 0 Å². The quantitative estimate of drug-likeness (QED) is 0.770. The molecular weight excluding hydrogens is 192 g/mol. The molecule has 0 unspecified atom stereocenters. The van der Waals surface area contributed by atoms with Gasteiger partial charge in [0.25, 0.3) is 5.89 Å². The third-order valence-electron chi connectivity index (χ3n) is 1.94. The van der Waals surface area contributed by atoms with E-state index in [0.29, 0.717) is 18.3 Å². The lowest BCUT2D eigenvalue weighted by Gasteiger charge is -2.05. The van der Waals surface area contributed by atoms with Gasteiger partial charge >= 0.3 is 0 Å². The van der Waals surface area contributed by atoms with Crippen LogP contribution in [0.1, 0.15) is 12.7 Å². The normalized spacial score (nSPS) is 10.3. The summed E-state index contributed by atoms with van der Waals surface area (Å²) in [5, 5.41) is 3.75. The van der Waals surface area contributed by atoms with Crippen LogP contribution < -0.4 is 4.74 Å². The first kappa shape index (κ1) is 9.71. The molecule has 0 bridgehead atoms. The van der Waals surface area contributed by atoms with Crippen LogP contribution in [0.3, 0.4) is 0 Å². The van der Waals surface area contributed by atoms with Crippen molar-refractivity contribution in [3.8, 4) is 17.2 Å². The number of nitrogens with zero attached hydrogens (tertiary/aromatic N) is 2. The number of ether oxygens (including phenoxy) is 1. The Morgan fingerprint density at radius 1 is 1.33 bits per heavy atom. The number of rotatable bonds is 3. The lowest BCUT2D eigenvalue weighted by molar-refractivity contribution is 0.339. The molecule has 0 atom stereocenters. The minimum Gasteiger partial charge on any atom is -0.493 e. The van der Waals surface area contributed by atoms with Gasteiger partial charge in [-0.2, -0.15) is 4.98 Å². The molecule has 1 aromatic carbocycles. The molecule has 2 aromatic rings. The largest absolute Gasteiger partial charge is 0.493 e. The van der Waals surface area contributed by atoms with Gasteiger partial charge in [-0.3, -0.25) is 0 Å². The van der Waals surface area contributed by atoms with E-state index in [1.165, 1.54) is 0 Å². The predicted molar refractivity (Wildman–Crippen MR) is 55.6 cm³/mol. The number of benzene rings is 1. The van der Waals surface area contributed by atoms with Crippen LogP contribution in [0, 0.1) is 6.92 Å². The number of aryl methyl sites for hydroxylation is 1. The summed E-state index contributed by atoms with van der Waals surface area (Å²) in [7, 11) is 0. The van der Waals surface area contributed by atoms with Gasteiger partial charge in [0.1, 0.15) is 5.75 Å². The number of para-hydroxylation sites is 1. The molecular formula is C11H12N2O2. The molecule has 2 rings (SSSR count). The Labute approximate surface area is 87.9 Å². The van der Waals surface area contributed by atoms with Crippen molar-refractivity contribution in [2.75, 3.05) is 6.61 Å². The van der Waals surface area contributed by atoms with Gasteiger partial charge in [0.15, 0.2) is 5.82 Å². The van der Waals surface area contributed by atoms with Crippen molar-refractivity contribution < 1.29 is 9.26 Å². The Bertz CT molecular complexity index is 451. The first-order chi connectivity index (χ1) is 7.31. The van der Waals surface area contributed by atoms with E-state index in [0.717, 1.165) is 11.3 Å². The Morgan fingerprint density at radius 3 is 2.80 bits per heavy atom. The fraction of sp³-hybridized carbons (Fsp3) is 0.273. The van der Waals surface area contributed by atoms with Crippen molar-refractivity contribution in [2.45, 2.75) is 13.8 Å². The average molecular weight is 204 g/mol. The molecule has 0 fully saturated rings. The van der Waals surface area contributed by atoms with Gasteiger partial charge in [-0.1, -0.05) is 17.3 Å². The fourth-order valence-electron chi connectivity index (χ4n) is 1.33. The highest BCUT2D eigenvalue weighted by molar-refractivity contribution is 5.62. The second kappa shape index (κ2) is 4.13. The van der Waals surface area contributed by atoms with Crippen LogP contribution in [-0.4, -0.2) is 16.7 Å². The van der Waals surface area contributed by atoms with Gasteiger partial charge in [-0.05, 0) is 26.0 Å². The minimum absolute atomic E-state index is 0.497. The van der Waals surface area contributed by atoms with Crippen molar-refractivity contribution in [1.29, 1.82) is 0 Å². The number of aromatic nitrogens is 2. The Balaban J connectivity index is 2.42. The van der Waals surface area contributed by atoms with E-state index in [9.17, 15) is 0 Å². The zero-order valence-electron chi connectivity index (χ0n) is 8.73. The summed E-state index contributed by atoms with van der Waals surface area (Å²) in [6.07, 6.45) is 0. The zero-order chi connectivity index (χ0) is 10.7. The van der Waals surface area contributed by atoms with E-state index in [4.69, 9.17) is 9.26 Å². The molecule has 4 heteroatoms. The van der Waals surface area contributed by atoms with Crippen LogP contribution in [0.25, 0.3) is 11.5 Å². The van der Waals surface area contributed by atoms with E-state index in [2.05, 4.69) is 10.1 Å². The summed E-state index contributed by atoms with van der Waals surface area (Å²) in [5.74, 6) is 1.89. The molecule has 0 N–H and O–H groups in total. The maximum Gasteiger partial charge on any atom is 0.261 e. The molecule has 0 radical (unpaired) electrons. The SMILES string of the molecule is CCOc1ccccc1-c1nc(C)no1. The summed E-state index contributed by atoms with van der Waals surface area (Å²) in [6, 6.07) is 7.62. The second-order valence-electron chi connectivity index (χ2n) is 3.08. The Hall–Kier alpha value is -1.84. The van der Waals surface area contributed by atoms with Crippen LogP contribution in [0.15, 0.2) is 28.8 Å². The van der Waals surface area contributed by atoms with Crippen molar-refractivity contribution in [2.24, 2.45) is 0 Å². The zero-order valence-corrected chi connectivity index (χ0v) is 8.73. The Kier molecular flexibility index (Phi) is 2.67. The number of hydrogen-bond acceptors (Lipinski definition) is 4. The monoisotopic (exact) mass is 204 g/mol. The first-order valence-corrected chi connectivity index (χ1v) is 4.83. The second-order valence-corrected chi connectivity index (χ2v) is 3.08. The molecule has 0 aliphatic rings. The average Bonchev–Trinajstić information content (AvgIpc) is 2.66. The Morgan fingerprint density at radius 2 is 2.13 bits per heavy atom. The van der Waals surface area contributed by atoms with Gasteiger partial charge in [0.2, 0.25) is 0 Å². The smallest absolute Gasteiger partial charge is 0.261 e. The van der Waals surface area contributed by atoms with Crippen molar-refractivity contribution >= 4 is 0 Å². The van der Waals surface area contributed by atoms with Gasteiger partial charge in [0.05, 0.1) is 12.2 Å². The third-order valence-corrected chi connectivity index (χ3v) is 1.94. The molecule has 1 heterocycles. The van der Waals surface area contributed by atoms with Gasteiger partial charge in [-0.25, -0.2) is 0 Å². The summed E-state index contributed by atoms with van der Waals surface area (Å²) < 4.78 is 10.6. The van der Waals surface area contributed by atoms with Crippen molar-refractivity contribution in [3.05, 3.63) is 30.1 Å². The molecule has 78 valence electrons. The van der Waals surface area contributed by atoms with E-state index >= 15 is 0 Å². The van der Waals surface area contributed by atoms with Crippen molar-refractivity contribution in [1.82, 2.24) is 10.1 Å². The highest BCUT2D eigenvalue weighted by atomic mass is 16.5. The molecule has 0 spiro atoms. The molecule has 15 heavy (non-hydrogen) atoms. The maximum atomic E-state index is 5.47. The summed E-state index contributed by atoms with van der Waals surface area (Å²) in [5.41, 5.74) is 0.833. The molecule has 0 amide bonds. The molecule has 0 saturated carbocycles. The van der Waals surface area contributed by atoms with E-state index in [1.807, 2.05) is 31.2 Å². The maximum absolute atomic E-state index is 5.47. The lowest BCUT2D eigenvalue weighted by Crippen LogP contribution is -1.93. The summed E-state index contributed by atoms with van der Waals surface area (Å²) in [4.78, 5) is 4.17. The summed E-state index contributed by atoms with van der Waals surface area (Å²) in [6.45, 7) is 4.34. The standard InChI is InChI=1S/C11H12N2O2/c1-3-14-10-7-5-4-6-9(10)11-12-8(2)13-15-11/h4-7H,3H2,1-2H3. The van der Waals surface area contributed by atoms with Crippen LogP contribution >= 0.6 is 0 Å². The summed E-state index contributed by atoms with van der Waals surface area (Å²) >= 11 is 0. The van der Waals surface area contributed by atoms with E-state index in [-0.39, 0.29) is 0 Å². The van der Waals surface area contributed by atoms with Crippen LogP contribution in [0.2, 0.25) is 0 Å². The molecule has 0 aliphatic heterocycles. The number of hydrogen-bond donors (Lipinski definition) is 0. The topological polar surface area (TPSA) is 48.2 Å². The van der Waals surface area contributed by atoms with Gasteiger partial charge in [-0.15, -0.1) is 0 Å². The van der Waals surface area contributed by atoms with Gasteiger partial charge < -0.3 is 9.26 Å². The van der Waals surface area contributed by atoms with Gasteiger partial charge in [0, 0.05) is 0 Å². The third kappa shape index (κ3) is 1.98. The molecule has 1 aromatic heterocycles. The fourth-order valence-corrected chi connectivity index (χ4v) is 1.33.